The van der Waals surface area contributed by atoms with Crippen LogP contribution in [-0.4, -0.2) is 17.3 Å². The van der Waals surface area contributed by atoms with Gasteiger partial charge in [0.2, 0.25) is 0 Å². The summed E-state index contributed by atoms with van der Waals surface area (Å²) >= 11 is 0. The summed E-state index contributed by atoms with van der Waals surface area (Å²) < 4.78 is 0. The minimum absolute atomic E-state index is 0.0729. The molecule has 0 aliphatic carbocycles. The maximum Gasteiger partial charge on any atom is 0.105 e. The fourth-order valence-corrected chi connectivity index (χ4v) is 3.13. The van der Waals surface area contributed by atoms with Gasteiger partial charge in [-0.15, -0.1) is 0 Å². The molecule has 0 radical (unpaired) electrons. The van der Waals surface area contributed by atoms with E-state index in [-0.39, 0.29) is 6.61 Å². The molecule has 0 aromatic rings. The fourth-order valence-electron chi connectivity index (χ4n) is 3.13. The van der Waals surface area contributed by atoms with Crippen LogP contribution in [0.1, 0.15) is 104 Å². The van der Waals surface area contributed by atoms with Gasteiger partial charge in [0.25, 0.3) is 0 Å². The molecule has 0 spiro atoms. The first-order valence-electron chi connectivity index (χ1n) is 9.20. The molecule has 0 saturated carbocycles. The number of aliphatic hydroxyl groups is 1. The van der Waals surface area contributed by atoms with Crippen LogP contribution in [0.15, 0.2) is 5.18 Å². The topological polar surface area (TPSA) is 49.7 Å². The zero-order valence-electron chi connectivity index (χ0n) is 14.4. The molecule has 0 aliphatic heterocycles. The second kappa shape index (κ2) is 14.5. The van der Waals surface area contributed by atoms with E-state index in [1.54, 1.807) is 0 Å². The van der Waals surface area contributed by atoms with Crippen molar-refractivity contribution in [2.75, 3.05) is 6.61 Å². The van der Waals surface area contributed by atoms with E-state index in [2.05, 4.69) is 19.0 Å². The number of unbranched alkanes of at least 4 members (excludes halogenated alkanes) is 9. The molecule has 0 heterocycles. The van der Waals surface area contributed by atoms with Gasteiger partial charge in [0.1, 0.15) is 5.54 Å². The third-order valence-electron chi connectivity index (χ3n) is 4.48. The minimum Gasteiger partial charge on any atom is -0.396 e. The Morgan fingerprint density at radius 2 is 1.24 bits per heavy atom. The third kappa shape index (κ3) is 10.9. The molecule has 0 amide bonds. The summed E-state index contributed by atoms with van der Waals surface area (Å²) in [6.07, 6.45) is 16.2. The molecule has 0 aromatic heterocycles. The van der Waals surface area contributed by atoms with Crippen LogP contribution in [0.25, 0.3) is 0 Å². The molecule has 0 bridgehead atoms. The average molecular weight is 299 g/mol. The van der Waals surface area contributed by atoms with Gasteiger partial charge in [-0.05, 0) is 19.3 Å². The number of nitrogens with zero attached hydrogens (tertiary/aromatic N) is 1. The fraction of sp³-hybridized carbons (Fsp3) is 1.00. The van der Waals surface area contributed by atoms with Crippen molar-refractivity contribution in [1.82, 2.24) is 0 Å². The van der Waals surface area contributed by atoms with Gasteiger partial charge in [-0.3, -0.25) is 0 Å². The lowest BCUT2D eigenvalue weighted by Gasteiger charge is -2.25. The van der Waals surface area contributed by atoms with Crippen LogP contribution >= 0.6 is 0 Å². The minimum atomic E-state index is -0.496. The Hall–Kier alpha value is -0.440. The monoisotopic (exact) mass is 299 g/mol. The number of nitroso groups, excluding NO2 is 1. The highest BCUT2D eigenvalue weighted by Crippen LogP contribution is 2.29. The Kier molecular flexibility index (Phi) is 14.2. The first kappa shape index (κ1) is 20.6. The second-order valence-corrected chi connectivity index (χ2v) is 6.47. The van der Waals surface area contributed by atoms with Crippen molar-refractivity contribution in [3.05, 3.63) is 4.91 Å². The van der Waals surface area contributed by atoms with Gasteiger partial charge in [-0.2, -0.15) is 4.91 Å². The smallest absolute Gasteiger partial charge is 0.105 e. The molecule has 0 aromatic carbocycles. The van der Waals surface area contributed by atoms with Crippen molar-refractivity contribution < 1.29 is 5.11 Å². The Bertz CT molecular complexity index is 225. The van der Waals surface area contributed by atoms with Crippen LogP contribution in [-0.2, 0) is 0 Å². The van der Waals surface area contributed by atoms with Crippen molar-refractivity contribution in [2.45, 2.75) is 109 Å². The normalized spacial score (nSPS) is 14.0. The molecule has 0 aliphatic rings. The van der Waals surface area contributed by atoms with Crippen LogP contribution in [0.5, 0.6) is 0 Å². The molecular formula is C18H37NO2. The molecule has 0 fully saturated rings. The van der Waals surface area contributed by atoms with Gasteiger partial charge < -0.3 is 5.11 Å². The molecule has 1 N–H and O–H groups in total. The van der Waals surface area contributed by atoms with Gasteiger partial charge in [0, 0.05) is 6.61 Å². The van der Waals surface area contributed by atoms with Crippen molar-refractivity contribution in [2.24, 2.45) is 5.18 Å². The Labute approximate surface area is 131 Å². The maximum absolute atomic E-state index is 11.1. The van der Waals surface area contributed by atoms with Crippen LogP contribution in [0.2, 0.25) is 0 Å². The predicted octanol–water partition coefficient (Wildman–Crippen LogP) is 5.99. The zero-order valence-corrected chi connectivity index (χ0v) is 14.4. The quantitative estimate of drug-likeness (QED) is 0.281. The van der Waals surface area contributed by atoms with Crippen LogP contribution in [0.3, 0.4) is 0 Å². The van der Waals surface area contributed by atoms with E-state index in [4.69, 9.17) is 5.11 Å². The summed E-state index contributed by atoms with van der Waals surface area (Å²) in [6, 6.07) is 0. The summed E-state index contributed by atoms with van der Waals surface area (Å²) in [4.78, 5) is 11.1. The van der Waals surface area contributed by atoms with Crippen LogP contribution in [0, 0.1) is 4.91 Å². The zero-order chi connectivity index (χ0) is 15.8. The maximum atomic E-state index is 11.1. The molecule has 1 unspecified atom stereocenters. The van der Waals surface area contributed by atoms with Gasteiger partial charge in [-0.1, -0.05) is 89.7 Å². The highest BCUT2D eigenvalue weighted by molar-refractivity contribution is 4.86. The van der Waals surface area contributed by atoms with Gasteiger partial charge in [0.05, 0.1) is 0 Å². The predicted molar refractivity (Wildman–Crippen MR) is 91.6 cm³/mol. The first-order chi connectivity index (χ1) is 10.2. The van der Waals surface area contributed by atoms with Crippen molar-refractivity contribution in [3.8, 4) is 0 Å². The molecular weight excluding hydrogens is 262 g/mol. The van der Waals surface area contributed by atoms with E-state index in [1.807, 2.05) is 0 Å². The van der Waals surface area contributed by atoms with E-state index in [0.717, 1.165) is 25.7 Å². The summed E-state index contributed by atoms with van der Waals surface area (Å²) in [7, 11) is 0. The Balaban J connectivity index is 3.60. The lowest BCUT2D eigenvalue weighted by Crippen LogP contribution is -2.27. The van der Waals surface area contributed by atoms with E-state index in [0.29, 0.717) is 6.42 Å². The van der Waals surface area contributed by atoms with Crippen molar-refractivity contribution in [3.63, 3.8) is 0 Å². The summed E-state index contributed by atoms with van der Waals surface area (Å²) in [5.74, 6) is 0. The van der Waals surface area contributed by atoms with E-state index in [9.17, 15) is 4.91 Å². The summed E-state index contributed by atoms with van der Waals surface area (Å²) in [5.41, 5.74) is -0.496. The van der Waals surface area contributed by atoms with Crippen LogP contribution in [0.4, 0.5) is 0 Å². The molecule has 0 saturated heterocycles. The van der Waals surface area contributed by atoms with E-state index >= 15 is 0 Å². The number of hydrogen-bond donors (Lipinski definition) is 1. The van der Waals surface area contributed by atoms with E-state index in [1.165, 1.54) is 57.8 Å². The van der Waals surface area contributed by atoms with Crippen LogP contribution < -0.4 is 0 Å². The van der Waals surface area contributed by atoms with Crippen molar-refractivity contribution in [1.29, 1.82) is 0 Å². The SMILES string of the molecule is CCCCCCCCCCCCC(CCC)(CCO)N=O. The highest BCUT2D eigenvalue weighted by Gasteiger charge is 2.29. The number of hydrogen-bond acceptors (Lipinski definition) is 3. The van der Waals surface area contributed by atoms with Gasteiger partial charge >= 0.3 is 0 Å². The number of rotatable bonds is 16. The number of aliphatic hydroxyl groups excluding tert-OH is 1. The van der Waals surface area contributed by atoms with Gasteiger partial charge in [-0.25, -0.2) is 0 Å². The standard InChI is InChI=1S/C18H37NO2/c1-3-5-6-7-8-9-10-11-12-13-15-18(19-21,14-4-2)16-17-20/h20H,3-17H2,1-2H3. The molecule has 0 rings (SSSR count). The van der Waals surface area contributed by atoms with Gasteiger partial charge in [0.15, 0.2) is 0 Å². The highest BCUT2D eigenvalue weighted by atomic mass is 16.3. The Morgan fingerprint density at radius 1 is 0.714 bits per heavy atom. The Morgan fingerprint density at radius 3 is 1.67 bits per heavy atom. The lowest BCUT2D eigenvalue weighted by molar-refractivity contribution is 0.218. The lowest BCUT2D eigenvalue weighted by atomic mass is 9.85. The third-order valence-corrected chi connectivity index (χ3v) is 4.48. The summed E-state index contributed by atoms with van der Waals surface area (Å²) in [6.45, 7) is 4.41. The molecule has 1 atom stereocenters. The molecule has 3 heteroatoms. The summed E-state index contributed by atoms with van der Waals surface area (Å²) in [5, 5.41) is 12.5. The van der Waals surface area contributed by atoms with E-state index < -0.39 is 5.54 Å². The largest absolute Gasteiger partial charge is 0.396 e. The molecule has 21 heavy (non-hydrogen) atoms. The molecule has 126 valence electrons. The molecule has 3 nitrogen and oxygen atoms in total. The van der Waals surface area contributed by atoms with Crippen molar-refractivity contribution >= 4 is 0 Å². The first-order valence-corrected chi connectivity index (χ1v) is 9.20. The second-order valence-electron chi connectivity index (χ2n) is 6.47. The average Bonchev–Trinajstić information content (AvgIpc) is 2.49.